The molecule has 6 heteroatoms. The molecule has 3 aromatic rings. The van der Waals surface area contributed by atoms with Crippen LogP contribution in [0.25, 0.3) is 6.08 Å². The smallest absolute Gasteiger partial charge is 0.267 e. The number of carbonyl (C=O) groups excluding carboxylic acids is 2. The summed E-state index contributed by atoms with van der Waals surface area (Å²) in [6, 6.07) is 19.2. The molecule has 5 nitrogen and oxygen atoms in total. The Morgan fingerprint density at radius 1 is 1.06 bits per heavy atom. The van der Waals surface area contributed by atoms with Gasteiger partial charge >= 0.3 is 0 Å². The average molecular weight is 463 g/mol. The Labute approximate surface area is 199 Å². The van der Waals surface area contributed by atoms with Gasteiger partial charge in [0.15, 0.2) is 0 Å². The van der Waals surface area contributed by atoms with Gasteiger partial charge in [-0.1, -0.05) is 36.4 Å². The highest BCUT2D eigenvalue weighted by Crippen LogP contribution is 2.16. The van der Waals surface area contributed by atoms with Gasteiger partial charge in [-0.05, 0) is 80.5 Å². The van der Waals surface area contributed by atoms with Gasteiger partial charge in [-0.3, -0.25) is 9.59 Å². The lowest BCUT2D eigenvalue weighted by Crippen LogP contribution is -2.35. The van der Waals surface area contributed by atoms with E-state index in [9.17, 15) is 9.59 Å². The first-order chi connectivity index (χ1) is 15.9. The fourth-order valence-corrected chi connectivity index (χ4v) is 3.98. The molecule has 0 aliphatic rings. The Balaban J connectivity index is 1.60. The van der Waals surface area contributed by atoms with Crippen LogP contribution in [-0.2, 0) is 11.2 Å². The molecule has 2 aromatic carbocycles. The van der Waals surface area contributed by atoms with Crippen molar-refractivity contribution in [3.05, 3.63) is 93.3 Å². The van der Waals surface area contributed by atoms with Crippen LogP contribution in [0.1, 0.15) is 46.6 Å². The fourth-order valence-electron chi connectivity index (χ4n) is 3.33. The summed E-state index contributed by atoms with van der Waals surface area (Å²) in [4.78, 5) is 26.6. The number of rotatable bonds is 10. The van der Waals surface area contributed by atoms with Crippen LogP contribution >= 0.6 is 11.3 Å². The summed E-state index contributed by atoms with van der Waals surface area (Å²) in [6.07, 6.45) is 3.43. The first kappa shape index (κ1) is 24.3. The summed E-state index contributed by atoms with van der Waals surface area (Å²) in [6.45, 7) is 6.37. The van der Waals surface area contributed by atoms with Crippen molar-refractivity contribution in [1.29, 1.82) is 0 Å². The zero-order valence-corrected chi connectivity index (χ0v) is 20.1. The topological polar surface area (TPSA) is 67.4 Å². The van der Waals surface area contributed by atoms with Crippen LogP contribution in [0.3, 0.4) is 0 Å². The molecule has 0 saturated carbocycles. The van der Waals surface area contributed by atoms with Crippen LogP contribution in [-0.4, -0.2) is 24.5 Å². The van der Waals surface area contributed by atoms with Gasteiger partial charge in [0.1, 0.15) is 11.4 Å². The van der Waals surface area contributed by atoms with E-state index in [2.05, 4.69) is 16.7 Å². The molecule has 0 atom stereocenters. The van der Waals surface area contributed by atoms with Gasteiger partial charge in [0.05, 0.1) is 6.10 Å². The van der Waals surface area contributed by atoms with Gasteiger partial charge in [0.2, 0.25) is 0 Å². The molecular formula is C27H30N2O3S. The predicted molar refractivity (Wildman–Crippen MR) is 134 cm³/mol. The van der Waals surface area contributed by atoms with Crippen LogP contribution in [0, 0.1) is 6.92 Å². The van der Waals surface area contributed by atoms with Crippen molar-refractivity contribution >= 4 is 29.2 Å². The summed E-state index contributed by atoms with van der Waals surface area (Å²) in [5.41, 5.74) is 2.79. The number of thiophene rings is 1. The molecule has 2 N–H and O–H groups in total. The number of benzene rings is 2. The molecular weight excluding hydrogens is 432 g/mol. The first-order valence-electron chi connectivity index (χ1n) is 11.1. The molecule has 33 heavy (non-hydrogen) atoms. The molecule has 2 amide bonds. The maximum absolute atomic E-state index is 12.9. The maximum Gasteiger partial charge on any atom is 0.267 e. The van der Waals surface area contributed by atoms with E-state index in [-0.39, 0.29) is 23.6 Å². The first-order valence-corrected chi connectivity index (χ1v) is 12.0. The molecule has 0 radical (unpaired) electrons. The Morgan fingerprint density at radius 3 is 2.61 bits per heavy atom. The van der Waals surface area contributed by atoms with Crippen molar-refractivity contribution in [3.8, 4) is 5.75 Å². The lowest BCUT2D eigenvalue weighted by atomic mass is 10.1. The van der Waals surface area contributed by atoms with E-state index in [1.807, 2.05) is 74.7 Å². The minimum Gasteiger partial charge on any atom is -0.491 e. The Kier molecular flexibility index (Phi) is 8.84. The van der Waals surface area contributed by atoms with Crippen LogP contribution < -0.4 is 15.4 Å². The molecule has 172 valence electrons. The maximum atomic E-state index is 12.9. The predicted octanol–water partition coefficient (Wildman–Crippen LogP) is 5.36. The van der Waals surface area contributed by atoms with Gasteiger partial charge in [-0.15, -0.1) is 11.3 Å². The van der Waals surface area contributed by atoms with E-state index >= 15 is 0 Å². The van der Waals surface area contributed by atoms with Crippen molar-refractivity contribution < 1.29 is 14.3 Å². The highest BCUT2D eigenvalue weighted by Gasteiger charge is 2.16. The van der Waals surface area contributed by atoms with Gasteiger partial charge < -0.3 is 15.4 Å². The number of nitrogens with one attached hydrogen (secondary N) is 2. The van der Waals surface area contributed by atoms with Crippen molar-refractivity contribution in [2.75, 3.05) is 6.54 Å². The van der Waals surface area contributed by atoms with Crippen molar-refractivity contribution in [1.82, 2.24) is 10.6 Å². The number of carbonyl (C=O) groups is 2. The van der Waals surface area contributed by atoms with E-state index in [4.69, 9.17) is 4.74 Å². The molecule has 1 aromatic heterocycles. The van der Waals surface area contributed by atoms with Crippen LogP contribution in [0.2, 0.25) is 0 Å². The van der Waals surface area contributed by atoms with Gasteiger partial charge in [-0.25, -0.2) is 0 Å². The minimum absolute atomic E-state index is 0.128. The fraction of sp³-hybridized carbons (Fsp3) is 0.259. The Hall–Kier alpha value is -3.38. The van der Waals surface area contributed by atoms with Crippen LogP contribution in [0.5, 0.6) is 5.75 Å². The Morgan fingerprint density at radius 2 is 1.88 bits per heavy atom. The van der Waals surface area contributed by atoms with Gasteiger partial charge in [0, 0.05) is 17.0 Å². The Bertz CT molecular complexity index is 1100. The molecule has 0 bridgehead atoms. The zero-order valence-electron chi connectivity index (χ0n) is 19.3. The quantitative estimate of drug-likeness (QED) is 0.315. The van der Waals surface area contributed by atoms with Crippen LogP contribution in [0.15, 0.2) is 71.7 Å². The number of hydrogen-bond acceptors (Lipinski definition) is 4. The third-order valence-electron chi connectivity index (χ3n) is 4.91. The highest BCUT2D eigenvalue weighted by molar-refractivity contribution is 7.10. The number of amides is 2. The molecule has 0 fully saturated rings. The highest BCUT2D eigenvalue weighted by atomic mass is 32.1. The molecule has 1 heterocycles. The van der Waals surface area contributed by atoms with Crippen molar-refractivity contribution in [3.63, 3.8) is 0 Å². The molecule has 0 unspecified atom stereocenters. The van der Waals surface area contributed by atoms with Gasteiger partial charge in [0.25, 0.3) is 11.8 Å². The molecule has 0 aliphatic heterocycles. The van der Waals surface area contributed by atoms with Gasteiger partial charge in [-0.2, -0.15) is 0 Å². The zero-order chi connectivity index (χ0) is 23.6. The van der Waals surface area contributed by atoms with E-state index < -0.39 is 0 Å². The van der Waals surface area contributed by atoms with Crippen molar-refractivity contribution in [2.45, 2.75) is 39.7 Å². The number of aryl methyl sites for hydroxylation is 2. The van der Waals surface area contributed by atoms with E-state index in [1.54, 1.807) is 12.1 Å². The summed E-state index contributed by atoms with van der Waals surface area (Å²) >= 11 is 1.51. The summed E-state index contributed by atoms with van der Waals surface area (Å²) in [5.74, 6) is 0.252. The normalized spacial score (nSPS) is 11.3. The second-order valence-electron chi connectivity index (χ2n) is 8.02. The second kappa shape index (κ2) is 12.0. The second-order valence-corrected chi connectivity index (χ2v) is 9.00. The lowest BCUT2D eigenvalue weighted by Gasteiger charge is -2.13. The summed E-state index contributed by atoms with van der Waals surface area (Å²) in [7, 11) is 0. The number of ether oxygens (including phenoxy) is 1. The summed E-state index contributed by atoms with van der Waals surface area (Å²) < 4.78 is 5.75. The third kappa shape index (κ3) is 7.61. The third-order valence-corrected chi connectivity index (χ3v) is 5.73. The van der Waals surface area contributed by atoms with Crippen LogP contribution in [0.4, 0.5) is 0 Å². The standard InChI is InChI=1S/C27H30N2O3S/c1-19(2)32-22-12-6-10-21(17-22)11-7-15-28-27(31)25(18-23-13-8-16-33-23)29-26(30)24-14-5-4-9-20(24)3/h4-6,8-10,12-14,16-19H,7,11,15H2,1-3H3,(H,28,31)(H,29,30)/b25-18-. The summed E-state index contributed by atoms with van der Waals surface area (Å²) in [5, 5.41) is 7.66. The largest absolute Gasteiger partial charge is 0.491 e. The average Bonchev–Trinajstić information content (AvgIpc) is 3.29. The van der Waals surface area contributed by atoms with E-state index in [1.165, 1.54) is 11.3 Å². The van der Waals surface area contributed by atoms with E-state index in [0.29, 0.717) is 12.1 Å². The molecule has 3 rings (SSSR count). The lowest BCUT2D eigenvalue weighted by molar-refractivity contribution is -0.117. The molecule has 0 saturated heterocycles. The monoisotopic (exact) mass is 462 g/mol. The SMILES string of the molecule is Cc1ccccc1C(=O)N/C(=C\c1cccs1)C(=O)NCCCc1cccc(OC(C)C)c1. The number of hydrogen-bond donors (Lipinski definition) is 2. The molecule has 0 aliphatic carbocycles. The van der Waals surface area contributed by atoms with E-state index in [0.717, 1.165) is 34.6 Å². The minimum atomic E-state index is -0.303. The molecule has 0 spiro atoms. The van der Waals surface area contributed by atoms with Crippen molar-refractivity contribution in [2.24, 2.45) is 0 Å².